The molecule has 24 heavy (non-hydrogen) atoms. The van der Waals surface area contributed by atoms with Gasteiger partial charge < -0.3 is 15.5 Å². The van der Waals surface area contributed by atoms with E-state index in [1.54, 1.807) is 18.2 Å². The Bertz CT molecular complexity index is 845. The van der Waals surface area contributed by atoms with Gasteiger partial charge in [-0.05, 0) is 24.0 Å². The van der Waals surface area contributed by atoms with Crippen LogP contribution in [0.5, 0.6) is 0 Å². The van der Waals surface area contributed by atoms with Crippen LogP contribution in [0.4, 0.5) is 0 Å². The third-order valence-corrected chi connectivity index (χ3v) is 3.94. The van der Waals surface area contributed by atoms with Crippen molar-refractivity contribution in [3.8, 4) is 0 Å². The number of rotatable bonds is 4. The lowest BCUT2D eigenvalue weighted by atomic mass is 9.93. The zero-order valence-electron chi connectivity index (χ0n) is 12.7. The summed E-state index contributed by atoms with van der Waals surface area (Å²) in [6, 6.07) is 5.02. The van der Waals surface area contributed by atoms with Crippen molar-refractivity contribution in [1.82, 2.24) is 5.32 Å². The predicted octanol–water partition coefficient (Wildman–Crippen LogP) is 2.09. The van der Waals surface area contributed by atoms with Crippen LogP contribution in [-0.2, 0) is 9.59 Å². The summed E-state index contributed by atoms with van der Waals surface area (Å²) in [6.45, 7) is -0.625. The molecular weight excluding hydrogens is 310 g/mol. The van der Waals surface area contributed by atoms with Gasteiger partial charge in [-0.1, -0.05) is 36.4 Å². The topological polar surface area (TPSA) is 104 Å². The Kier molecular flexibility index (Phi) is 4.04. The van der Waals surface area contributed by atoms with E-state index in [-0.39, 0.29) is 5.56 Å². The van der Waals surface area contributed by atoms with Crippen LogP contribution in [-0.4, -0.2) is 34.4 Å². The van der Waals surface area contributed by atoms with Crippen molar-refractivity contribution in [2.24, 2.45) is 0 Å². The normalized spacial score (nSPS) is 16.0. The van der Waals surface area contributed by atoms with E-state index < -0.39 is 35.5 Å². The molecule has 0 fully saturated rings. The summed E-state index contributed by atoms with van der Waals surface area (Å²) in [7, 11) is 0. The number of aliphatic carboxylic acids is 1. The summed E-state index contributed by atoms with van der Waals surface area (Å²) in [5.41, 5.74) is 1.70. The SMILES string of the molecule is O=C(O)CNC(=O)C1=C(O)c2c(cccc2C2=CCCC=C2)C1=O. The number of nitrogens with one attached hydrogen (secondary N) is 1. The lowest BCUT2D eigenvalue weighted by Gasteiger charge is -2.12. The number of aliphatic hydroxyl groups is 1. The molecule has 0 atom stereocenters. The Labute approximate surface area is 137 Å². The van der Waals surface area contributed by atoms with Crippen LogP contribution < -0.4 is 5.32 Å². The van der Waals surface area contributed by atoms with E-state index >= 15 is 0 Å². The monoisotopic (exact) mass is 325 g/mol. The lowest BCUT2D eigenvalue weighted by Crippen LogP contribution is -2.32. The predicted molar refractivity (Wildman–Crippen MR) is 87.3 cm³/mol. The van der Waals surface area contributed by atoms with Gasteiger partial charge in [-0.3, -0.25) is 14.4 Å². The number of hydrogen-bond donors (Lipinski definition) is 3. The smallest absolute Gasteiger partial charge is 0.322 e. The number of fused-ring (bicyclic) bond motifs is 1. The van der Waals surface area contributed by atoms with Crippen LogP contribution in [0.2, 0.25) is 0 Å². The number of allylic oxidation sites excluding steroid dienone is 4. The molecule has 0 spiro atoms. The Morgan fingerprint density at radius 2 is 1.92 bits per heavy atom. The maximum Gasteiger partial charge on any atom is 0.322 e. The molecule has 0 saturated carbocycles. The van der Waals surface area contributed by atoms with Crippen LogP contribution in [0.1, 0.15) is 34.3 Å². The number of aliphatic hydroxyl groups excluding tert-OH is 1. The number of ketones is 1. The first kappa shape index (κ1) is 15.7. The maximum atomic E-state index is 12.5. The van der Waals surface area contributed by atoms with Crippen molar-refractivity contribution in [2.75, 3.05) is 6.54 Å². The highest BCUT2D eigenvalue weighted by atomic mass is 16.4. The fourth-order valence-corrected chi connectivity index (χ4v) is 2.87. The molecule has 0 bridgehead atoms. The molecule has 3 N–H and O–H groups in total. The summed E-state index contributed by atoms with van der Waals surface area (Å²) in [6.07, 6.45) is 7.73. The van der Waals surface area contributed by atoms with E-state index in [1.165, 1.54) is 0 Å². The van der Waals surface area contributed by atoms with Crippen LogP contribution in [0.15, 0.2) is 42.0 Å². The Morgan fingerprint density at radius 3 is 2.58 bits per heavy atom. The second-order valence-electron chi connectivity index (χ2n) is 5.50. The highest BCUT2D eigenvalue weighted by Gasteiger charge is 2.36. The van der Waals surface area contributed by atoms with E-state index in [2.05, 4.69) is 5.32 Å². The molecule has 1 amide bonds. The number of carbonyl (C=O) groups excluding carboxylic acids is 2. The Morgan fingerprint density at radius 1 is 1.17 bits per heavy atom. The van der Waals surface area contributed by atoms with Crippen molar-refractivity contribution in [3.05, 3.63) is 58.7 Å². The number of carbonyl (C=O) groups is 3. The quantitative estimate of drug-likeness (QED) is 0.735. The molecule has 1 aromatic rings. The van der Waals surface area contributed by atoms with Gasteiger partial charge in [0.25, 0.3) is 5.91 Å². The minimum Gasteiger partial charge on any atom is -0.506 e. The second-order valence-corrected chi connectivity index (χ2v) is 5.50. The first-order chi connectivity index (χ1) is 11.5. The van der Waals surface area contributed by atoms with Gasteiger partial charge >= 0.3 is 5.97 Å². The molecule has 6 nitrogen and oxygen atoms in total. The molecule has 0 saturated heterocycles. The van der Waals surface area contributed by atoms with Gasteiger partial charge in [0.2, 0.25) is 5.78 Å². The van der Waals surface area contributed by atoms with Gasteiger partial charge in [-0.15, -0.1) is 0 Å². The maximum absolute atomic E-state index is 12.5. The Hall–Kier alpha value is -3.15. The molecule has 6 heteroatoms. The minimum absolute atomic E-state index is 0.241. The minimum atomic E-state index is -1.23. The molecule has 0 aliphatic heterocycles. The zero-order valence-corrected chi connectivity index (χ0v) is 12.7. The standard InChI is InChI=1S/C18H15NO5/c20-13(21)9-19-18(24)15-16(22)12-8-4-7-11(14(12)17(15)23)10-5-2-1-3-6-10/h2,4-8,23H,1,3,9H2,(H,19,24)(H,20,21). The van der Waals surface area contributed by atoms with E-state index in [0.717, 1.165) is 18.4 Å². The molecule has 0 radical (unpaired) electrons. The highest BCUT2D eigenvalue weighted by Crippen LogP contribution is 2.37. The van der Waals surface area contributed by atoms with Gasteiger partial charge in [0, 0.05) is 11.1 Å². The third kappa shape index (κ3) is 2.62. The number of carboxylic acid groups (broad SMARTS) is 1. The van der Waals surface area contributed by atoms with Crippen molar-refractivity contribution < 1.29 is 24.6 Å². The highest BCUT2D eigenvalue weighted by molar-refractivity contribution is 6.34. The number of hydrogen-bond acceptors (Lipinski definition) is 4. The fraction of sp³-hybridized carbons (Fsp3) is 0.167. The molecule has 1 aromatic carbocycles. The molecule has 3 rings (SSSR count). The second kappa shape index (κ2) is 6.16. The molecular formula is C18H15NO5. The summed E-state index contributed by atoms with van der Waals surface area (Å²) in [4.78, 5) is 35.1. The summed E-state index contributed by atoms with van der Waals surface area (Å²) >= 11 is 0. The molecule has 2 aliphatic carbocycles. The average molecular weight is 325 g/mol. The first-order valence-electron chi connectivity index (χ1n) is 7.49. The van der Waals surface area contributed by atoms with Crippen molar-refractivity contribution >= 4 is 29.0 Å². The molecule has 0 heterocycles. The van der Waals surface area contributed by atoms with Gasteiger partial charge in [0.1, 0.15) is 17.9 Å². The zero-order chi connectivity index (χ0) is 17.3. The van der Waals surface area contributed by atoms with E-state index in [9.17, 15) is 19.5 Å². The van der Waals surface area contributed by atoms with E-state index in [4.69, 9.17) is 5.11 Å². The largest absolute Gasteiger partial charge is 0.506 e. The molecule has 2 aliphatic rings. The van der Waals surface area contributed by atoms with Crippen molar-refractivity contribution in [3.63, 3.8) is 0 Å². The number of carboxylic acids is 1. The Balaban J connectivity index is 2.04. The van der Waals surface area contributed by atoms with E-state index in [0.29, 0.717) is 11.1 Å². The molecule has 122 valence electrons. The molecule has 0 unspecified atom stereocenters. The number of Topliss-reactive ketones (excluding diaryl/α,β-unsaturated/α-hetero) is 1. The van der Waals surface area contributed by atoms with Crippen LogP contribution in [0, 0.1) is 0 Å². The van der Waals surface area contributed by atoms with Gasteiger partial charge in [0.15, 0.2) is 0 Å². The first-order valence-corrected chi connectivity index (χ1v) is 7.49. The average Bonchev–Trinajstić information content (AvgIpc) is 2.85. The number of amides is 1. The third-order valence-electron chi connectivity index (χ3n) is 3.94. The summed E-state index contributed by atoms with van der Waals surface area (Å²) in [5.74, 6) is -3.14. The van der Waals surface area contributed by atoms with Crippen LogP contribution in [0.25, 0.3) is 11.3 Å². The summed E-state index contributed by atoms with van der Waals surface area (Å²) in [5, 5.41) is 21.2. The van der Waals surface area contributed by atoms with E-state index in [1.807, 2.05) is 18.2 Å². The van der Waals surface area contributed by atoms with Gasteiger partial charge in [0.05, 0.1) is 0 Å². The van der Waals surface area contributed by atoms with Gasteiger partial charge in [-0.2, -0.15) is 0 Å². The van der Waals surface area contributed by atoms with Crippen molar-refractivity contribution in [1.29, 1.82) is 0 Å². The van der Waals surface area contributed by atoms with Gasteiger partial charge in [-0.25, -0.2) is 0 Å². The lowest BCUT2D eigenvalue weighted by molar-refractivity contribution is -0.137. The molecule has 0 aromatic heterocycles. The van der Waals surface area contributed by atoms with Crippen LogP contribution in [0.3, 0.4) is 0 Å². The number of benzene rings is 1. The van der Waals surface area contributed by atoms with Crippen LogP contribution >= 0.6 is 0 Å². The fourth-order valence-electron chi connectivity index (χ4n) is 2.87. The summed E-state index contributed by atoms with van der Waals surface area (Å²) < 4.78 is 0. The van der Waals surface area contributed by atoms with Crippen molar-refractivity contribution in [2.45, 2.75) is 12.8 Å².